The van der Waals surface area contributed by atoms with Gasteiger partial charge in [0.05, 0.1) is 0 Å². The molecular formula is C13H25N3O3S. The van der Waals surface area contributed by atoms with E-state index in [0.29, 0.717) is 13.0 Å². The van der Waals surface area contributed by atoms with E-state index in [4.69, 9.17) is 5.11 Å². The minimum absolute atomic E-state index is 0.0949. The third-order valence-electron chi connectivity index (χ3n) is 3.51. The van der Waals surface area contributed by atoms with Crippen LogP contribution in [-0.2, 0) is 4.79 Å². The molecular weight excluding hydrogens is 278 g/mol. The Kier molecular flexibility index (Phi) is 7.15. The van der Waals surface area contributed by atoms with Crippen LogP contribution in [0.1, 0.15) is 19.8 Å². The third-order valence-corrected chi connectivity index (χ3v) is 4.16. The Bertz CT molecular complexity index is 341. The van der Waals surface area contributed by atoms with E-state index >= 15 is 0 Å². The molecule has 2 atom stereocenters. The lowest BCUT2D eigenvalue weighted by molar-refractivity contribution is -0.139. The molecule has 1 heterocycles. The average molecular weight is 303 g/mol. The van der Waals surface area contributed by atoms with Crippen molar-refractivity contribution in [2.45, 2.75) is 31.8 Å². The number of hydrogen-bond donors (Lipinski definition) is 2. The van der Waals surface area contributed by atoms with Crippen molar-refractivity contribution in [3.05, 3.63) is 0 Å². The first kappa shape index (κ1) is 17.1. The van der Waals surface area contributed by atoms with Crippen LogP contribution in [-0.4, -0.2) is 77.7 Å². The topological polar surface area (TPSA) is 72.9 Å². The van der Waals surface area contributed by atoms with Crippen molar-refractivity contribution in [1.82, 2.24) is 15.1 Å². The fourth-order valence-corrected chi connectivity index (χ4v) is 2.87. The summed E-state index contributed by atoms with van der Waals surface area (Å²) < 4.78 is 0. The van der Waals surface area contributed by atoms with E-state index in [1.165, 1.54) is 0 Å². The van der Waals surface area contributed by atoms with Gasteiger partial charge in [-0.05, 0) is 45.4 Å². The summed E-state index contributed by atoms with van der Waals surface area (Å²) in [6, 6.07) is -0.970. The highest BCUT2D eigenvalue weighted by molar-refractivity contribution is 7.98. The first-order valence-electron chi connectivity index (χ1n) is 6.93. The zero-order valence-corrected chi connectivity index (χ0v) is 13.3. The van der Waals surface area contributed by atoms with Crippen molar-refractivity contribution in [2.75, 3.05) is 38.7 Å². The molecule has 0 radical (unpaired) electrons. The fraction of sp³-hybridized carbons (Fsp3) is 0.846. The molecule has 1 aliphatic heterocycles. The largest absolute Gasteiger partial charge is 0.480 e. The lowest BCUT2D eigenvalue weighted by atomic mass is 10.2. The first-order valence-corrected chi connectivity index (χ1v) is 8.32. The Morgan fingerprint density at radius 2 is 2.15 bits per heavy atom. The van der Waals surface area contributed by atoms with E-state index in [2.05, 4.69) is 10.2 Å². The van der Waals surface area contributed by atoms with Crippen molar-refractivity contribution >= 4 is 23.8 Å². The van der Waals surface area contributed by atoms with Crippen LogP contribution in [0.15, 0.2) is 0 Å². The molecule has 2 unspecified atom stereocenters. The maximum absolute atomic E-state index is 12.3. The van der Waals surface area contributed by atoms with Crippen molar-refractivity contribution < 1.29 is 14.7 Å². The molecule has 0 aromatic carbocycles. The SMILES string of the molecule is CSCCC(NC(=O)N1CCCN(C)CC1C)C(=O)O. The summed E-state index contributed by atoms with van der Waals surface area (Å²) in [5.74, 6) is -0.248. The second-order valence-corrected chi connectivity index (χ2v) is 6.27. The second-order valence-electron chi connectivity index (χ2n) is 5.28. The van der Waals surface area contributed by atoms with E-state index in [0.717, 1.165) is 25.3 Å². The predicted molar refractivity (Wildman–Crippen MR) is 81.2 cm³/mol. The Hall–Kier alpha value is -0.950. The van der Waals surface area contributed by atoms with Gasteiger partial charge >= 0.3 is 12.0 Å². The molecule has 0 saturated carbocycles. The van der Waals surface area contributed by atoms with Crippen LogP contribution in [0.4, 0.5) is 4.79 Å². The normalized spacial score (nSPS) is 22.1. The van der Waals surface area contributed by atoms with Gasteiger partial charge in [0.15, 0.2) is 0 Å². The minimum Gasteiger partial charge on any atom is -0.480 e. The Labute approximate surface area is 124 Å². The molecule has 0 aromatic rings. The summed E-state index contributed by atoms with van der Waals surface area (Å²) in [5.41, 5.74) is 0. The number of carboxylic acids is 1. The molecule has 2 amide bonds. The molecule has 1 aliphatic rings. The molecule has 116 valence electrons. The number of urea groups is 1. The highest BCUT2D eigenvalue weighted by atomic mass is 32.2. The van der Waals surface area contributed by atoms with Gasteiger partial charge in [0.2, 0.25) is 0 Å². The summed E-state index contributed by atoms with van der Waals surface area (Å²) in [7, 11) is 2.04. The molecule has 7 heteroatoms. The van der Waals surface area contributed by atoms with E-state index in [9.17, 15) is 9.59 Å². The number of likely N-dealkylation sites (N-methyl/N-ethyl adjacent to an activating group) is 1. The van der Waals surface area contributed by atoms with E-state index < -0.39 is 12.0 Å². The predicted octanol–water partition coefficient (Wildman–Crippen LogP) is 0.928. The molecule has 0 bridgehead atoms. The third kappa shape index (κ3) is 5.20. The monoisotopic (exact) mass is 303 g/mol. The zero-order valence-electron chi connectivity index (χ0n) is 12.5. The van der Waals surface area contributed by atoms with E-state index in [1.54, 1.807) is 16.7 Å². The Morgan fingerprint density at radius 1 is 1.45 bits per heavy atom. The number of carboxylic acid groups (broad SMARTS) is 1. The summed E-state index contributed by atoms with van der Waals surface area (Å²) in [6.07, 6.45) is 3.29. The van der Waals surface area contributed by atoms with Crippen LogP contribution in [0.25, 0.3) is 0 Å². The van der Waals surface area contributed by atoms with Crippen molar-refractivity contribution in [2.24, 2.45) is 0 Å². The number of rotatable bonds is 5. The number of nitrogens with zero attached hydrogens (tertiary/aromatic N) is 2. The molecule has 6 nitrogen and oxygen atoms in total. The van der Waals surface area contributed by atoms with E-state index in [1.807, 2.05) is 20.2 Å². The Morgan fingerprint density at radius 3 is 2.75 bits per heavy atom. The number of hydrogen-bond acceptors (Lipinski definition) is 4. The number of thioether (sulfide) groups is 1. The average Bonchev–Trinajstić information content (AvgIpc) is 2.54. The Balaban J connectivity index is 2.60. The highest BCUT2D eigenvalue weighted by Gasteiger charge is 2.27. The van der Waals surface area contributed by atoms with Crippen LogP contribution in [0, 0.1) is 0 Å². The van der Waals surface area contributed by atoms with Gasteiger partial charge < -0.3 is 20.2 Å². The van der Waals surface area contributed by atoms with Gasteiger partial charge in [0.25, 0.3) is 0 Å². The van der Waals surface area contributed by atoms with Crippen LogP contribution in [0.5, 0.6) is 0 Å². The first-order chi connectivity index (χ1) is 9.45. The summed E-state index contributed by atoms with van der Waals surface area (Å²) in [5, 5.41) is 11.8. The van der Waals surface area contributed by atoms with Crippen LogP contribution in [0.2, 0.25) is 0 Å². The minimum atomic E-state index is -0.966. The van der Waals surface area contributed by atoms with Gasteiger partial charge in [-0.1, -0.05) is 0 Å². The van der Waals surface area contributed by atoms with E-state index in [-0.39, 0.29) is 12.1 Å². The molecule has 1 rings (SSSR count). The number of amides is 2. The lowest BCUT2D eigenvalue weighted by Gasteiger charge is -2.29. The second kappa shape index (κ2) is 8.36. The quantitative estimate of drug-likeness (QED) is 0.790. The standard InChI is InChI=1S/C13H25N3O3S/c1-10-9-15(2)6-4-7-16(10)13(19)14-11(12(17)18)5-8-20-3/h10-11H,4-9H2,1-3H3,(H,14,19)(H,17,18). The highest BCUT2D eigenvalue weighted by Crippen LogP contribution is 2.10. The molecule has 0 aliphatic carbocycles. The summed E-state index contributed by atoms with van der Waals surface area (Å²) in [4.78, 5) is 27.4. The number of nitrogens with one attached hydrogen (secondary N) is 1. The molecule has 0 aromatic heterocycles. The molecule has 20 heavy (non-hydrogen) atoms. The maximum Gasteiger partial charge on any atom is 0.326 e. The summed E-state index contributed by atoms with van der Waals surface area (Å²) in [6.45, 7) is 4.45. The molecule has 1 saturated heterocycles. The molecule has 1 fully saturated rings. The zero-order chi connectivity index (χ0) is 15.1. The van der Waals surface area contributed by atoms with Gasteiger partial charge in [-0.3, -0.25) is 0 Å². The van der Waals surface area contributed by atoms with Gasteiger partial charge in [0, 0.05) is 19.1 Å². The molecule has 2 N–H and O–H groups in total. The number of carbonyl (C=O) groups excluding carboxylic acids is 1. The summed E-state index contributed by atoms with van der Waals surface area (Å²) >= 11 is 1.58. The van der Waals surface area contributed by atoms with Gasteiger partial charge in [-0.25, -0.2) is 9.59 Å². The lowest BCUT2D eigenvalue weighted by Crippen LogP contribution is -2.52. The van der Waals surface area contributed by atoms with Crippen LogP contribution in [0.3, 0.4) is 0 Å². The van der Waals surface area contributed by atoms with Gasteiger partial charge in [-0.2, -0.15) is 11.8 Å². The van der Waals surface area contributed by atoms with Crippen molar-refractivity contribution in [3.63, 3.8) is 0 Å². The van der Waals surface area contributed by atoms with Gasteiger partial charge in [0.1, 0.15) is 6.04 Å². The van der Waals surface area contributed by atoms with Crippen molar-refractivity contribution in [3.8, 4) is 0 Å². The smallest absolute Gasteiger partial charge is 0.326 e. The maximum atomic E-state index is 12.3. The number of carbonyl (C=O) groups is 2. The van der Waals surface area contributed by atoms with Crippen LogP contribution < -0.4 is 5.32 Å². The van der Waals surface area contributed by atoms with Crippen molar-refractivity contribution in [1.29, 1.82) is 0 Å². The molecule has 0 spiro atoms. The van der Waals surface area contributed by atoms with Gasteiger partial charge in [-0.15, -0.1) is 0 Å². The number of aliphatic carboxylic acids is 1. The van der Waals surface area contributed by atoms with Crippen LogP contribution >= 0.6 is 11.8 Å². The fourth-order valence-electron chi connectivity index (χ4n) is 2.40.